The number of hydrogen-bond donors (Lipinski definition) is 3. The van der Waals surface area contributed by atoms with E-state index in [-0.39, 0.29) is 23.4 Å². The van der Waals surface area contributed by atoms with Gasteiger partial charge < -0.3 is 20.7 Å². The maximum atomic E-state index is 13.2. The summed E-state index contributed by atoms with van der Waals surface area (Å²) < 4.78 is 19.7. The second-order valence-electron chi connectivity index (χ2n) is 4.35. The monoisotopic (exact) mass is 283 g/mol. The van der Waals surface area contributed by atoms with Gasteiger partial charge in [0.15, 0.2) is 23.1 Å². The third-order valence-electron chi connectivity index (χ3n) is 3.07. The van der Waals surface area contributed by atoms with Crippen LogP contribution in [0.1, 0.15) is 12.6 Å². The molecular formula is C10H10FN5O4. The van der Waals surface area contributed by atoms with Gasteiger partial charge >= 0.3 is 12.0 Å². The van der Waals surface area contributed by atoms with Crippen molar-refractivity contribution in [3.05, 3.63) is 12.4 Å². The second-order valence-corrected chi connectivity index (χ2v) is 4.35. The van der Waals surface area contributed by atoms with Crippen LogP contribution < -0.4 is 5.73 Å². The zero-order valence-electron chi connectivity index (χ0n) is 9.97. The molecule has 2 aromatic heterocycles. The number of nitrogen functional groups attached to an aromatic ring is 1. The first-order valence-electron chi connectivity index (χ1n) is 5.69. The van der Waals surface area contributed by atoms with Gasteiger partial charge in [0.1, 0.15) is 6.23 Å². The van der Waals surface area contributed by atoms with Gasteiger partial charge in [-0.05, 0) is 0 Å². The number of aliphatic carboxylic acids is 1. The van der Waals surface area contributed by atoms with Crippen LogP contribution in [0, 0.1) is 6.08 Å². The van der Waals surface area contributed by atoms with Crippen LogP contribution in [0.4, 0.5) is 10.2 Å². The van der Waals surface area contributed by atoms with Crippen molar-refractivity contribution in [2.45, 2.75) is 24.9 Å². The summed E-state index contributed by atoms with van der Waals surface area (Å²) in [7, 11) is 0. The first-order chi connectivity index (χ1) is 9.47. The summed E-state index contributed by atoms with van der Waals surface area (Å²) in [6.07, 6.45) is -3.04. The van der Waals surface area contributed by atoms with Gasteiger partial charge in [0.2, 0.25) is 0 Å². The molecule has 3 rings (SSSR count). The molecule has 0 aromatic carbocycles. The van der Waals surface area contributed by atoms with Crippen molar-refractivity contribution in [2.24, 2.45) is 0 Å². The molecule has 9 nitrogen and oxygen atoms in total. The molecule has 1 aliphatic heterocycles. The number of rotatable bonds is 2. The van der Waals surface area contributed by atoms with E-state index < -0.39 is 30.5 Å². The van der Waals surface area contributed by atoms with Crippen LogP contribution in [0.3, 0.4) is 0 Å². The summed E-state index contributed by atoms with van der Waals surface area (Å²) in [5, 5.41) is 18.5. The largest absolute Gasteiger partial charge is 0.479 e. The van der Waals surface area contributed by atoms with Gasteiger partial charge in [0, 0.05) is 6.42 Å². The van der Waals surface area contributed by atoms with Crippen LogP contribution >= 0.6 is 0 Å². The molecule has 1 aliphatic rings. The number of ether oxygens (including phenoxy) is 1. The lowest BCUT2D eigenvalue weighted by atomic mass is 10.2. The second kappa shape index (κ2) is 4.35. The molecule has 3 heterocycles. The summed E-state index contributed by atoms with van der Waals surface area (Å²) >= 11 is 0. The molecule has 0 bridgehead atoms. The molecule has 10 heteroatoms. The Labute approximate surface area is 110 Å². The number of aliphatic hydroxyl groups excluding tert-OH is 1. The normalized spacial score (nSPS) is 26.2. The quantitative estimate of drug-likeness (QED) is 0.614. The number of anilines is 1. The molecule has 1 fully saturated rings. The molecule has 106 valence electrons. The Morgan fingerprint density at radius 1 is 1.55 bits per heavy atom. The molecule has 0 aliphatic carbocycles. The number of halogens is 1. The van der Waals surface area contributed by atoms with E-state index in [1.165, 1.54) is 10.9 Å². The highest BCUT2D eigenvalue weighted by atomic mass is 19.1. The number of aliphatic hydroxyl groups is 1. The van der Waals surface area contributed by atoms with Crippen molar-refractivity contribution in [3.8, 4) is 0 Å². The summed E-state index contributed by atoms with van der Waals surface area (Å²) in [6, 6.07) is 0. The lowest BCUT2D eigenvalue weighted by molar-refractivity contribution is -0.155. The van der Waals surface area contributed by atoms with Crippen LogP contribution in [0.2, 0.25) is 0 Å². The minimum Gasteiger partial charge on any atom is -0.479 e. The Balaban J connectivity index is 2.02. The van der Waals surface area contributed by atoms with Gasteiger partial charge in [-0.2, -0.15) is 14.4 Å². The van der Waals surface area contributed by atoms with Crippen molar-refractivity contribution in [1.82, 2.24) is 19.5 Å². The number of nitrogens with two attached hydrogens (primary N) is 1. The maximum Gasteiger partial charge on any atom is 0.335 e. The van der Waals surface area contributed by atoms with Crippen LogP contribution in [-0.2, 0) is 9.53 Å². The number of hydrogen-bond acceptors (Lipinski definition) is 7. The fourth-order valence-electron chi connectivity index (χ4n) is 2.17. The zero-order valence-corrected chi connectivity index (χ0v) is 9.97. The van der Waals surface area contributed by atoms with Gasteiger partial charge in [-0.25, -0.2) is 9.78 Å². The van der Waals surface area contributed by atoms with E-state index in [0.29, 0.717) is 0 Å². The van der Waals surface area contributed by atoms with E-state index >= 15 is 0 Å². The number of carbonyl (C=O) groups is 1. The highest BCUT2D eigenvalue weighted by Gasteiger charge is 2.40. The van der Waals surface area contributed by atoms with Gasteiger partial charge in [-0.15, -0.1) is 0 Å². The van der Waals surface area contributed by atoms with Gasteiger partial charge in [0.25, 0.3) is 0 Å². The number of carboxylic acids is 1. The van der Waals surface area contributed by atoms with Crippen LogP contribution in [0.5, 0.6) is 0 Å². The van der Waals surface area contributed by atoms with Gasteiger partial charge in [-0.3, -0.25) is 4.57 Å². The molecule has 0 unspecified atom stereocenters. The van der Waals surface area contributed by atoms with Gasteiger partial charge in [-0.1, -0.05) is 0 Å². The van der Waals surface area contributed by atoms with E-state index in [4.69, 9.17) is 15.6 Å². The third-order valence-corrected chi connectivity index (χ3v) is 3.07. The smallest absolute Gasteiger partial charge is 0.335 e. The first kappa shape index (κ1) is 12.7. The fraction of sp³-hybridized carbons (Fsp3) is 0.400. The Hall–Kier alpha value is -2.33. The van der Waals surface area contributed by atoms with Crippen molar-refractivity contribution in [2.75, 3.05) is 5.73 Å². The molecule has 3 atom stereocenters. The zero-order chi connectivity index (χ0) is 14.4. The molecule has 1 saturated heterocycles. The predicted octanol–water partition coefficient (Wildman–Crippen LogP) is -0.719. The maximum absolute atomic E-state index is 13.2. The topological polar surface area (TPSA) is 136 Å². The molecule has 2 aromatic rings. The van der Waals surface area contributed by atoms with Gasteiger partial charge in [0.05, 0.1) is 12.4 Å². The van der Waals surface area contributed by atoms with E-state index in [1.807, 2.05) is 0 Å². The number of fused-ring (bicyclic) bond motifs is 1. The van der Waals surface area contributed by atoms with E-state index in [2.05, 4.69) is 15.0 Å². The molecular weight excluding hydrogens is 273 g/mol. The van der Waals surface area contributed by atoms with E-state index in [1.54, 1.807) is 0 Å². The standard InChI is InChI=1S/C10H10FN5O4/c11-10-14-7(12)5-8(15-10)16(2-13-5)4-1-3(17)6(20-4)9(18)19/h2-4,6,17H,1H2,(H,18,19)(H2,12,14,15)/t3-,4+,6-/m0/s1. The summed E-state index contributed by atoms with van der Waals surface area (Å²) in [6.45, 7) is 0. The lowest BCUT2D eigenvalue weighted by Crippen LogP contribution is -2.29. The third kappa shape index (κ3) is 1.85. The predicted molar refractivity (Wildman–Crippen MR) is 61.9 cm³/mol. The van der Waals surface area contributed by atoms with Crippen LogP contribution in [-0.4, -0.2) is 47.9 Å². The average Bonchev–Trinajstić information content (AvgIpc) is 2.92. The molecule has 20 heavy (non-hydrogen) atoms. The number of imidazole rings is 1. The number of nitrogens with zero attached hydrogens (tertiary/aromatic N) is 4. The highest BCUT2D eigenvalue weighted by molar-refractivity contribution is 5.81. The van der Waals surface area contributed by atoms with Crippen LogP contribution in [0.25, 0.3) is 11.2 Å². The van der Waals surface area contributed by atoms with Crippen molar-refractivity contribution in [3.63, 3.8) is 0 Å². The van der Waals surface area contributed by atoms with E-state index in [0.717, 1.165) is 0 Å². The molecule has 0 radical (unpaired) electrons. The molecule has 0 spiro atoms. The Morgan fingerprint density at radius 2 is 2.30 bits per heavy atom. The SMILES string of the molecule is Nc1nc(F)nc2c1ncn2[C@H]1C[C@H](O)[C@@H](C(=O)O)O1. The molecule has 4 N–H and O–H groups in total. The van der Waals surface area contributed by atoms with Crippen molar-refractivity contribution in [1.29, 1.82) is 0 Å². The first-order valence-corrected chi connectivity index (χ1v) is 5.69. The Bertz CT molecular complexity index is 690. The molecule has 0 amide bonds. The Kier molecular flexibility index (Phi) is 2.76. The van der Waals surface area contributed by atoms with Crippen LogP contribution in [0.15, 0.2) is 6.33 Å². The van der Waals surface area contributed by atoms with Crippen molar-refractivity contribution >= 4 is 23.0 Å². The van der Waals surface area contributed by atoms with Crippen molar-refractivity contribution < 1.29 is 24.1 Å². The fourth-order valence-corrected chi connectivity index (χ4v) is 2.17. The Morgan fingerprint density at radius 3 is 2.95 bits per heavy atom. The summed E-state index contributed by atoms with van der Waals surface area (Å²) in [4.78, 5) is 21.7. The number of aromatic nitrogens is 4. The molecule has 0 saturated carbocycles. The van der Waals surface area contributed by atoms with E-state index in [9.17, 15) is 14.3 Å². The highest BCUT2D eigenvalue weighted by Crippen LogP contribution is 2.31. The average molecular weight is 283 g/mol. The lowest BCUT2D eigenvalue weighted by Gasteiger charge is -2.12. The minimum atomic E-state index is -1.35. The minimum absolute atomic E-state index is 0.0218. The summed E-state index contributed by atoms with van der Waals surface area (Å²) in [5.74, 6) is -1.40. The summed E-state index contributed by atoms with van der Waals surface area (Å²) in [5.41, 5.74) is 5.79. The number of carboxylic acid groups (broad SMARTS) is 1.